The van der Waals surface area contributed by atoms with Crippen LogP contribution in [0.4, 0.5) is 0 Å². The lowest BCUT2D eigenvalue weighted by Gasteiger charge is -2.20. The molecule has 0 aromatic carbocycles. The van der Waals surface area contributed by atoms with Crippen molar-refractivity contribution in [3.63, 3.8) is 0 Å². The van der Waals surface area contributed by atoms with E-state index in [0.717, 1.165) is 48.2 Å². The highest BCUT2D eigenvalue weighted by atomic mass is 16.5. The molecular weight excluding hydrogens is 290 g/mol. The van der Waals surface area contributed by atoms with Crippen molar-refractivity contribution in [2.45, 2.75) is 46.8 Å². The summed E-state index contributed by atoms with van der Waals surface area (Å²) in [4.78, 5) is 11.2. The molecule has 1 atom stereocenters. The highest BCUT2D eigenvalue weighted by Gasteiger charge is 2.28. The zero-order valence-corrected chi connectivity index (χ0v) is 14.8. The molecule has 3 rings (SSSR count). The third kappa shape index (κ3) is 3.08. The fourth-order valence-corrected chi connectivity index (χ4v) is 3.29. The third-order valence-corrected chi connectivity index (χ3v) is 4.60. The molecule has 2 aromatic rings. The number of fused-ring (bicyclic) bond motifs is 1. The van der Waals surface area contributed by atoms with E-state index < -0.39 is 0 Å². The van der Waals surface area contributed by atoms with Crippen molar-refractivity contribution in [2.75, 3.05) is 13.6 Å². The molecule has 1 aliphatic rings. The lowest BCUT2D eigenvalue weighted by atomic mass is 10.1. The number of hydrogen-bond acceptors (Lipinski definition) is 5. The number of rotatable bonds is 4. The maximum atomic E-state index is 6.03. The van der Waals surface area contributed by atoms with Gasteiger partial charge in [-0.2, -0.15) is 10.1 Å². The van der Waals surface area contributed by atoms with Gasteiger partial charge in [-0.1, -0.05) is 0 Å². The van der Waals surface area contributed by atoms with Crippen molar-refractivity contribution in [1.82, 2.24) is 24.6 Å². The summed E-state index contributed by atoms with van der Waals surface area (Å²) in [6, 6.07) is 0. The molecule has 0 amide bonds. The van der Waals surface area contributed by atoms with Crippen LogP contribution in [0.1, 0.15) is 34.0 Å². The second-order valence-electron chi connectivity index (χ2n) is 6.55. The van der Waals surface area contributed by atoms with Crippen LogP contribution in [0.5, 0.6) is 5.88 Å². The summed E-state index contributed by atoms with van der Waals surface area (Å²) >= 11 is 0. The fraction of sp³-hybridized carbons (Fsp3) is 0.588. The van der Waals surface area contributed by atoms with E-state index in [1.165, 1.54) is 11.3 Å². The molecule has 0 N–H and O–H groups in total. The van der Waals surface area contributed by atoms with Crippen LogP contribution in [0.2, 0.25) is 0 Å². The highest BCUT2D eigenvalue weighted by molar-refractivity contribution is 5.34. The normalized spacial score (nSPS) is 16.7. The van der Waals surface area contributed by atoms with Gasteiger partial charge in [-0.15, -0.1) is 0 Å². The molecule has 23 heavy (non-hydrogen) atoms. The van der Waals surface area contributed by atoms with E-state index in [-0.39, 0.29) is 6.10 Å². The second kappa shape index (κ2) is 5.92. The number of aryl methyl sites for hydroxylation is 4. The Balaban J connectivity index is 1.66. The van der Waals surface area contributed by atoms with Crippen LogP contribution >= 0.6 is 0 Å². The maximum absolute atomic E-state index is 6.03. The Morgan fingerprint density at radius 3 is 2.57 bits per heavy atom. The van der Waals surface area contributed by atoms with Crippen molar-refractivity contribution < 1.29 is 4.74 Å². The molecule has 0 spiro atoms. The first-order valence-corrected chi connectivity index (χ1v) is 8.03. The molecule has 0 saturated heterocycles. The average molecular weight is 315 g/mol. The van der Waals surface area contributed by atoms with E-state index >= 15 is 0 Å². The number of aromatic nitrogens is 4. The Morgan fingerprint density at radius 1 is 1.17 bits per heavy atom. The van der Waals surface area contributed by atoms with Gasteiger partial charge in [0.1, 0.15) is 11.9 Å². The molecule has 0 saturated carbocycles. The Labute approximate surface area is 137 Å². The highest BCUT2D eigenvalue weighted by Crippen LogP contribution is 2.29. The van der Waals surface area contributed by atoms with Crippen LogP contribution in [0.15, 0.2) is 0 Å². The standard InChI is InChI=1S/C17H25N5O/c1-10-15-7-14(23-17(15)19-13(4)18-10)8-21(5)9-16-11(2)20-22(6)12(16)3/h14H,7-9H2,1-6H3/t14-/m0/s1. The zero-order valence-electron chi connectivity index (χ0n) is 14.8. The van der Waals surface area contributed by atoms with E-state index in [1.54, 1.807) is 0 Å². The summed E-state index contributed by atoms with van der Waals surface area (Å²) in [7, 11) is 4.12. The minimum absolute atomic E-state index is 0.141. The number of nitrogens with zero attached hydrogens (tertiary/aromatic N) is 5. The van der Waals surface area contributed by atoms with Gasteiger partial charge in [0.05, 0.1) is 5.69 Å². The van der Waals surface area contributed by atoms with Crippen LogP contribution in [0.3, 0.4) is 0 Å². The van der Waals surface area contributed by atoms with Crippen molar-refractivity contribution in [1.29, 1.82) is 0 Å². The molecule has 2 aromatic heterocycles. The van der Waals surface area contributed by atoms with E-state index in [0.29, 0.717) is 0 Å². The summed E-state index contributed by atoms with van der Waals surface area (Å²) < 4.78 is 7.98. The van der Waals surface area contributed by atoms with Gasteiger partial charge >= 0.3 is 0 Å². The second-order valence-corrected chi connectivity index (χ2v) is 6.55. The number of likely N-dealkylation sites (N-methyl/N-ethyl adjacent to an activating group) is 1. The first kappa shape index (κ1) is 15.9. The van der Waals surface area contributed by atoms with Crippen molar-refractivity contribution >= 4 is 0 Å². The van der Waals surface area contributed by atoms with Crippen LogP contribution in [0, 0.1) is 27.7 Å². The Bertz CT molecular complexity index is 737. The first-order valence-electron chi connectivity index (χ1n) is 8.03. The summed E-state index contributed by atoms with van der Waals surface area (Å²) in [6.07, 6.45) is 1.03. The molecule has 3 heterocycles. The van der Waals surface area contributed by atoms with Crippen LogP contribution in [-0.4, -0.2) is 44.3 Å². The fourth-order valence-electron chi connectivity index (χ4n) is 3.29. The van der Waals surface area contributed by atoms with Gasteiger partial charge in [0.2, 0.25) is 5.88 Å². The monoisotopic (exact) mass is 315 g/mol. The quantitative estimate of drug-likeness (QED) is 0.862. The van der Waals surface area contributed by atoms with Gasteiger partial charge in [-0.05, 0) is 34.7 Å². The summed E-state index contributed by atoms with van der Waals surface area (Å²) in [6.45, 7) is 9.87. The SMILES string of the molecule is Cc1nc(C)c2c(n1)O[C@H](CN(C)Cc1c(C)nn(C)c1C)C2. The largest absolute Gasteiger partial charge is 0.472 e. The lowest BCUT2D eigenvalue weighted by molar-refractivity contribution is 0.160. The minimum atomic E-state index is 0.141. The molecule has 0 bridgehead atoms. The predicted octanol–water partition coefficient (Wildman–Crippen LogP) is 1.88. The Morgan fingerprint density at radius 2 is 1.91 bits per heavy atom. The zero-order chi connectivity index (χ0) is 16.7. The molecule has 6 nitrogen and oxygen atoms in total. The predicted molar refractivity (Wildman–Crippen MR) is 88.6 cm³/mol. The third-order valence-electron chi connectivity index (χ3n) is 4.60. The summed E-state index contributed by atoms with van der Waals surface area (Å²) in [5, 5.41) is 4.49. The van der Waals surface area contributed by atoms with Gasteiger partial charge in [0, 0.05) is 49.1 Å². The van der Waals surface area contributed by atoms with Crippen LogP contribution in [-0.2, 0) is 20.0 Å². The molecule has 0 radical (unpaired) electrons. The van der Waals surface area contributed by atoms with Crippen molar-refractivity contribution in [3.05, 3.63) is 34.0 Å². The Kier molecular flexibility index (Phi) is 4.10. The van der Waals surface area contributed by atoms with Gasteiger partial charge in [-0.25, -0.2) is 4.98 Å². The molecule has 1 aliphatic heterocycles. The van der Waals surface area contributed by atoms with Gasteiger partial charge in [0.25, 0.3) is 0 Å². The number of hydrogen-bond donors (Lipinski definition) is 0. The van der Waals surface area contributed by atoms with Gasteiger partial charge < -0.3 is 4.74 Å². The van der Waals surface area contributed by atoms with Gasteiger partial charge in [-0.3, -0.25) is 9.58 Å². The topological polar surface area (TPSA) is 56.1 Å². The Hall–Kier alpha value is -1.95. The minimum Gasteiger partial charge on any atom is -0.472 e. The van der Waals surface area contributed by atoms with Crippen LogP contribution < -0.4 is 4.74 Å². The summed E-state index contributed by atoms with van der Waals surface area (Å²) in [5.41, 5.74) is 5.82. The maximum Gasteiger partial charge on any atom is 0.220 e. The van der Waals surface area contributed by atoms with Crippen molar-refractivity contribution in [3.8, 4) is 5.88 Å². The molecule has 124 valence electrons. The van der Waals surface area contributed by atoms with E-state index in [1.807, 2.05) is 25.6 Å². The molecular formula is C17H25N5O. The van der Waals surface area contributed by atoms with Crippen molar-refractivity contribution in [2.24, 2.45) is 7.05 Å². The van der Waals surface area contributed by atoms with E-state index in [2.05, 4.69) is 40.9 Å². The summed E-state index contributed by atoms with van der Waals surface area (Å²) in [5.74, 6) is 1.54. The average Bonchev–Trinajstić information content (AvgIpc) is 2.95. The van der Waals surface area contributed by atoms with Gasteiger partial charge in [0.15, 0.2) is 0 Å². The molecule has 0 fully saturated rings. The van der Waals surface area contributed by atoms with E-state index in [4.69, 9.17) is 4.74 Å². The lowest BCUT2D eigenvalue weighted by Crippen LogP contribution is -2.32. The molecule has 0 aliphatic carbocycles. The van der Waals surface area contributed by atoms with Crippen LogP contribution in [0.25, 0.3) is 0 Å². The van der Waals surface area contributed by atoms with E-state index in [9.17, 15) is 0 Å². The molecule has 6 heteroatoms. The molecule has 0 unspecified atom stereocenters. The smallest absolute Gasteiger partial charge is 0.220 e. The number of ether oxygens (including phenoxy) is 1. The first-order chi connectivity index (χ1) is 10.8.